The van der Waals surface area contributed by atoms with Gasteiger partial charge in [-0.05, 0) is 50.1 Å². The molecule has 1 saturated heterocycles. The number of amides is 2. The summed E-state index contributed by atoms with van der Waals surface area (Å²) in [7, 11) is 0. The zero-order chi connectivity index (χ0) is 26.8. The molecule has 1 aromatic carbocycles. The molecule has 196 valence electrons. The molecule has 1 N–H and O–H groups in total. The number of fused-ring (bicyclic) bond motifs is 6. The quantitative estimate of drug-likeness (QED) is 0.518. The van der Waals surface area contributed by atoms with Crippen molar-refractivity contribution in [3.63, 3.8) is 0 Å². The second-order valence-electron chi connectivity index (χ2n) is 10.0. The predicted molar refractivity (Wildman–Crippen MR) is 134 cm³/mol. The van der Waals surface area contributed by atoms with Gasteiger partial charge >= 0.3 is 6.18 Å². The van der Waals surface area contributed by atoms with E-state index in [1.165, 1.54) is 18.3 Å². The fraction of sp³-hybridized carbons (Fsp3) is 0.357. The fourth-order valence-electron chi connectivity index (χ4n) is 6.09. The van der Waals surface area contributed by atoms with Crippen LogP contribution in [0.15, 0.2) is 48.8 Å². The molecule has 2 aliphatic heterocycles. The van der Waals surface area contributed by atoms with Crippen molar-refractivity contribution in [2.75, 3.05) is 30.0 Å². The lowest BCUT2D eigenvalue weighted by Crippen LogP contribution is -2.57. The summed E-state index contributed by atoms with van der Waals surface area (Å²) in [5, 5.41) is 2.66. The van der Waals surface area contributed by atoms with Crippen LogP contribution in [0.1, 0.15) is 40.0 Å². The average molecular weight is 523 g/mol. The number of nitrogens with one attached hydrogen (secondary N) is 1. The van der Waals surface area contributed by atoms with Gasteiger partial charge in [-0.25, -0.2) is 4.98 Å². The van der Waals surface area contributed by atoms with Crippen molar-refractivity contribution in [1.82, 2.24) is 9.97 Å². The molecule has 2 fully saturated rings. The molecular weight excluding hydrogens is 497 g/mol. The SMILES string of the molecule is CCN1C(=O)[C@H]2[C@@H]3COC[C@@H]3[C@H]2c2cc(-c3cc(NC(=O)c4cccc(C(F)(F)F)c4)cnc3C)cnc21. The van der Waals surface area contributed by atoms with Gasteiger partial charge in [-0.3, -0.25) is 19.5 Å². The molecule has 2 amide bonds. The van der Waals surface area contributed by atoms with Gasteiger partial charge < -0.3 is 10.1 Å². The molecule has 3 aromatic rings. The number of halogens is 3. The zero-order valence-electron chi connectivity index (χ0n) is 20.7. The number of carbonyl (C=O) groups excluding carboxylic acids is 2. The smallest absolute Gasteiger partial charge is 0.381 e. The number of rotatable bonds is 4. The van der Waals surface area contributed by atoms with E-state index in [1.54, 1.807) is 17.2 Å². The minimum absolute atomic E-state index is 0.0531. The third-order valence-corrected chi connectivity index (χ3v) is 7.97. The lowest BCUT2D eigenvalue weighted by Gasteiger charge is -2.52. The van der Waals surface area contributed by atoms with Crippen LogP contribution in [0.5, 0.6) is 0 Å². The number of pyridine rings is 2. The molecule has 3 aliphatic rings. The van der Waals surface area contributed by atoms with E-state index >= 15 is 0 Å². The van der Waals surface area contributed by atoms with Crippen molar-refractivity contribution in [3.05, 3.63) is 71.2 Å². The molecule has 4 heterocycles. The Morgan fingerprint density at radius 2 is 1.87 bits per heavy atom. The van der Waals surface area contributed by atoms with Gasteiger partial charge in [0, 0.05) is 52.5 Å². The highest BCUT2D eigenvalue weighted by Crippen LogP contribution is 2.60. The Morgan fingerprint density at radius 3 is 2.61 bits per heavy atom. The van der Waals surface area contributed by atoms with Crippen LogP contribution in [0.4, 0.5) is 24.7 Å². The Kier molecular flexibility index (Phi) is 5.75. The highest BCUT2D eigenvalue weighted by Gasteiger charge is 2.60. The number of aryl methyl sites for hydroxylation is 1. The van der Waals surface area contributed by atoms with Crippen LogP contribution >= 0.6 is 0 Å². The standard InChI is InChI=1S/C28H25F3N4O3/c1-3-35-25-20(23-21-12-38-13-22(21)24(23)27(35)37)8-16(10-33-25)19-9-18(11-32-14(19)2)34-26(36)15-5-4-6-17(7-15)28(29,30)31/h4-11,21-24H,3,12-13H2,1-2H3,(H,34,36)/t21-,22+,23+,24-/m0/s1. The lowest BCUT2D eigenvalue weighted by molar-refractivity contribution is -0.137. The highest BCUT2D eigenvalue weighted by molar-refractivity contribution is 6.04. The van der Waals surface area contributed by atoms with Crippen LogP contribution in [0.3, 0.4) is 0 Å². The van der Waals surface area contributed by atoms with Gasteiger partial charge in [0.1, 0.15) is 5.82 Å². The van der Waals surface area contributed by atoms with E-state index in [2.05, 4.69) is 15.3 Å². The molecule has 4 atom stereocenters. The van der Waals surface area contributed by atoms with Gasteiger partial charge in [-0.2, -0.15) is 13.2 Å². The van der Waals surface area contributed by atoms with E-state index in [0.717, 1.165) is 28.8 Å². The molecule has 1 aliphatic carbocycles. The van der Waals surface area contributed by atoms with Crippen LogP contribution in [-0.2, 0) is 15.7 Å². The normalized spacial score (nSPS) is 23.8. The summed E-state index contributed by atoms with van der Waals surface area (Å²) in [6.07, 6.45) is -1.38. The van der Waals surface area contributed by atoms with Crippen molar-refractivity contribution in [3.8, 4) is 11.1 Å². The molecule has 0 bridgehead atoms. The van der Waals surface area contributed by atoms with Crippen molar-refractivity contribution in [2.24, 2.45) is 17.8 Å². The fourth-order valence-corrected chi connectivity index (χ4v) is 6.09. The van der Waals surface area contributed by atoms with Gasteiger partial charge in [0.05, 0.1) is 36.6 Å². The van der Waals surface area contributed by atoms with Crippen LogP contribution in [0, 0.1) is 24.7 Å². The van der Waals surface area contributed by atoms with E-state index in [0.29, 0.717) is 37.0 Å². The van der Waals surface area contributed by atoms with Gasteiger partial charge in [-0.1, -0.05) is 6.07 Å². The van der Waals surface area contributed by atoms with Crippen molar-refractivity contribution < 1.29 is 27.5 Å². The summed E-state index contributed by atoms with van der Waals surface area (Å²) in [5.41, 5.74) is 2.59. The summed E-state index contributed by atoms with van der Waals surface area (Å²) in [6.45, 7) is 5.53. The lowest BCUT2D eigenvalue weighted by atomic mass is 9.54. The number of alkyl halides is 3. The third kappa shape index (κ3) is 3.86. The third-order valence-electron chi connectivity index (χ3n) is 7.97. The molecule has 38 heavy (non-hydrogen) atoms. The van der Waals surface area contributed by atoms with Crippen LogP contribution in [0.25, 0.3) is 11.1 Å². The van der Waals surface area contributed by atoms with Gasteiger partial charge in [0.15, 0.2) is 0 Å². The molecule has 7 nitrogen and oxygen atoms in total. The summed E-state index contributed by atoms with van der Waals surface area (Å²) in [4.78, 5) is 36.8. The number of hydrogen-bond acceptors (Lipinski definition) is 5. The number of aromatic nitrogens is 2. The zero-order valence-corrected chi connectivity index (χ0v) is 20.7. The number of hydrogen-bond donors (Lipinski definition) is 1. The number of benzene rings is 1. The van der Waals surface area contributed by atoms with Crippen molar-refractivity contribution in [2.45, 2.75) is 25.9 Å². The number of ether oxygens (including phenoxy) is 1. The second-order valence-corrected chi connectivity index (χ2v) is 10.0. The Bertz CT molecular complexity index is 1460. The molecule has 2 aromatic heterocycles. The molecule has 0 spiro atoms. The first-order valence-corrected chi connectivity index (χ1v) is 12.5. The number of carbonyl (C=O) groups is 2. The molecule has 0 radical (unpaired) electrons. The Morgan fingerprint density at radius 1 is 1.11 bits per heavy atom. The molecule has 6 rings (SSSR count). The summed E-state index contributed by atoms with van der Waals surface area (Å²) in [6, 6.07) is 8.06. The first-order valence-electron chi connectivity index (χ1n) is 12.5. The second kappa shape index (κ2) is 8.90. The number of anilines is 2. The van der Waals surface area contributed by atoms with E-state index in [-0.39, 0.29) is 35.1 Å². The van der Waals surface area contributed by atoms with Crippen LogP contribution < -0.4 is 10.2 Å². The number of nitrogens with zero attached hydrogens (tertiary/aromatic N) is 3. The topological polar surface area (TPSA) is 84.4 Å². The highest BCUT2D eigenvalue weighted by atomic mass is 19.4. The molecule has 1 saturated carbocycles. The maximum atomic E-state index is 13.2. The summed E-state index contributed by atoms with van der Waals surface area (Å²) < 4.78 is 45.0. The van der Waals surface area contributed by atoms with E-state index in [1.807, 2.05) is 19.9 Å². The van der Waals surface area contributed by atoms with Gasteiger partial charge in [-0.15, -0.1) is 0 Å². The van der Waals surface area contributed by atoms with E-state index in [4.69, 9.17) is 4.74 Å². The van der Waals surface area contributed by atoms with Crippen molar-refractivity contribution >= 4 is 23.3 Å². The molecule has 0 unspecified atom stereocenters. The minimum atomic E-state index is -4.55. The maximum Gasteiger partial charge on any atom is 0.416 e. The predicted octanol–water partition coefficient (Wildman–Crippen LogP) is 5.07. The average Bonchev–Trinajstić information content (AvgIpc) is 3.28. The Balaban J connectivity index is 1.32. The van der Waals surface area contributed by atoms with E-state index in [9.17, 15) is 22.8 Å². The van der Waals surface area contributed by atoms with Gasteiger partial charge in [0.25, 0.3) is 5.91 Å². The summed E-state index contributed by atoms with van der Waals surface area (Å²) in [5.74, 6) is 0.577. The van der Waals surface area contributed by atoms with Crippen molar-refractivity contribution in [1.29, 1.82) is 0 Å². The largest absolute Gasteiger partial charge is 0.416 e. The minimum Gasteiger partial charge on any atom is -0.381 e. The molecule has 10 heteroatoms. The van der Waals surface area contributed by atoms with Crippen LogP contribution in [-0.4, -0.2) is 41.5 Å². The van der Waals surface area contributed by atoms with Gasteiger partial charge in [0.2, 0.25) is 5.91 Å². The summed E-state index contributed by atoms with van der Waals surface area (Å²) >= 11 is 0. The first kappa shape index (κ1) is 24.5. The first-order chi connectivity index (χ1) is 18.2. The van der Waals surface area contributed by atoms with Crippen LogP contribution in [0.2, 0.25) is 0 Å². The Hall–Kier alpha value is -3.79. The monoisotopic (exact) mass is 522 g/mol. The Labute approximate surface area is 217 Å². The van der Waals surface area contributed by atoms with E-state index < -0.39 is 17.6 Å². The maximum absolute atomic E-state index is 13.2. The molecular formula is C28H25F3N4O3.